The lowest BCUT2D eigenvalue weighted by Gasteiger charge is -2.08. The second-order valence-electron chi connectivity index (χ2n) is 4.06. The number of rotatable bonds is 1. The fourth-order valence-corrected chi connectivity index (χ4v) is 1.93. The van der Waals surface area contributed by atoms with Crippen molar-refractivity contribution in [2.75, 3.05) is 0 Å². The minimum absolute atomic E-state index is 0.157. The van der Waals surface area contributed by atoms with Crippen LogP contribution in [0.4, 0.5) is 0 Å². The van der Waals surface area contributed by atoms with Crippen molar-refractivity contribution < 1.29 is 9.52 Å². The van der Waals surface area contributed by atoms with Crippen LogP contribution < -0.4 is 5.63 Å². The van der Waals surface area contributed by atoms with Gasteiger partial charge >= 0.3 is 5.63 Å². The van der Waals surface area contributed by atoms with Gasteiger partial charge in [-0.2, -0.15) is 0 Å². The van der Waals surface area contributed by atoms with Crippen LogP contribution in [0.15, 0.2) is 27.4 Å². The summed E-state index contributed by atoms with van der Waals surface area (Å²) in [7, 11) is 0. The Bertz CT molecular complexity index is 663. The van der Waals surface area contributed by atoms with Gasteiger partial charge in [0.15, 0.2) is 0 Å². The van der Waals surface area contributed by atoms with Gasteiger partial charge in [0, 0.05) is 22.6 Å². The molecule has 0 atom stereocenters. The zero-order chi connectivity index (χ0) is 12.6. The molecule has 0 amide bonds. The van der Waals surface area contributed by atoms with Gasteiger partial charge in [0.05, 0.1) is 0 Å². The van der Waals surface area contributed by atoms with Gasteiger partial charge in [-0.15, -0.1) is 0 Å². The van der Waals surface area contributed by atoms with Crippen LogP contribution in [0.3, 0.4) is 0 Å². The summed E-state index contributed by atoms with van der Waals surface area (Å²) in [6.45, 7) is 5.49. The second-order valence-corrected chi connectivity index (χ2v) is 4.06. The van der Waals surface area contributed by atoms with E-state index < -0.39 is 5.63 Å². The van der Waals surface area contributed by atoms with Crippen molar-refractivity contribution in [3.63, 3.8) is 0 Å². The Morgan fingerprint density at radius 1 is 1.29 bits per heavy atom. The first-order chi connectivity index (χ1) is 8.04. The minimum Gasteiger partial charge on any atom is -0.507 e. The first-order valence-corrected chi connectivity index (χ1v) is 5.44. The van der Waals surface area contributed by atoms with Gasteiger partial charge in [0.1, 0.15) is 11.3 Å². The minimum atomic E-state index is -0.392. The number of allylic oxidation sites excluding steroid dienone is 1. The molecule has 0 saturated carbocycles. The molecule has 88 valence electrons. The Morgan fingerprint density at radius 3 is 2.65 bits per heavy atom. The summed E-state index contributed by atoms with van der Waals surface area (Å²) < 4.78 is 5.15. The SMILES string of the molecule is CC=Cc1cc2c(C)cc(=O)oc2c(C)c1O. The molecule has 0 aliphatic rings. The standard InChI is InChI=1S/C14H14O3/c1-4-5-10-7-11-8(2)6-12(15)17-14(11)9(3)13(10)16/h4-7,16H,1-3H3. The number of hydrogen-bond acceptors (Lipinski definition) is 3. The van der Waals surface area contributed by atoms with Gasteiger partial charge in [-0.1, -0.05) is 12.2 Å². The fourth-order valence-electron chi connectivity index (χ4n) is 1.93. The van der Waals surface area contributed by atoms with Gasteiger partial charge in [0.25, 0.3) is 0 Å². The highest BCUT2D eigenvalue weighted by Crippen LogP contribution is 2.32. The molecule has 1 N–H and O–H groups in total. The highest BCUT2D eigenvalue weighted by Gasteiger charge is 2.11. The topological polar surface area (TPSA) is 50.4 Å². The van der Waals surface area contributed by atoms with Gasteiger partial charge in [-0.25, -0.2) is 4.79 Å². The maximum atomic E-state index is 11.3. The van der Waals surface area contributed by atoms with Crippen LogP contribution >= 0.6 is 0 Å². The van der Waals surface area contributed by atoms with Crippen LogP contribution in [0.1, 0.15) is 23.6 Å². The van der Waals surface area contributed by atoms with Crippen molar-refractivity contribution in [2.24, 2.45) is 0 Å². The molecule has 1 aromatic heterocycles. The summed E-state index contributed by atoms with van der Waals surface area (Å²) in [6, 6.07) is 3.29. The lowest BCUT2D eigenvalue weighted by molar-refractivity contribution is 0.467. The molecule has 0 bridgehead atoms. The smallest absolute Gasteiger partial charge is 0.336 e. The zero-order valence-corrected chi connectivity index (χ0v) is 10.1. The summed E-state index contributed by atoms with van der Waals surface area (Å²) in [5, 5.41) is 10.8. The number of benzene rings is 1. The highest BCUT2D eigenvalue weighted by atomic mass is 16.4. The molecule has 3 nitrogen and oxygen atoms in total. The summed E-state index contributed by atoms with van der Waals surface area (Å²) in [5.74, 6) is 0.157. The first-order valence-electron chi connectivity index (χ1n) is 5.44. The third-order valence-corrected chi connectivity index (χ3v) is 2.82. The molecule has 0 fully saturated rings. The predicted molar refractivity (Wildman–Crippen MR) is 68.3 cm³/mol. The van der Waals surface area contributed by atoms with Gasteiger partial charge in [0.2, 0.25) is 0 Å². The molecule has 0 aliphatic carbocycles. The summed E-state index contributed by atoms with van der Waals surface area (Å²) >= 11 is 0. The van der Waals surface area contributed by atoms with Crippen LogP contribution in [0.2, 0.25) is 0 Å². The average Bonchev–Trinajstić information content (AvgIpc) is 2.27. The van der Waals surface area contributed by atoms with E-state index in [1.165, 1.54) is 6.07 Å². The number of hydrogen-bond donors (Lipinski definition) is 1. The Labute approximate surface area is 99.0 Å². The quantitative estimate of drug-likeness (QED) is 0.765. The largest absolute Gasteiger partial charge is 0.507 e. The summed E-state index contributed by atoms with van der Waals surface area (Å²) in [5.41, 5.74) is 2.24. The van der Waals surface area contributed by atoms with Crippen LogP contribution in [0, 0.1) is 13.8 Å². The Balaban J connectivity index is 2.95. The van der Waals surface area contributed by atoms with Crippen molar-refractivity contribution in [3.8, 4) is 5.75 Å². The lowest BCUT2D eigenvalue weighted by atomic mass is 10.0. The van der Waals surface area contributed by atoms with Gasteiger partial charge < -0.3 is 9.52 Å². The van der Waals surface area contributed by atoms with Crippen LogP contribution in [-0.4, -0.2) is 5.11 Å². The average molecular weight is 230 g/mol. The monoisotopic (exact) mass is 230 g/mol. The van der Waals surface area contributed by atoms with Crippen molar-refractivity contribution >= 4 is 17.0 Å². The number of fused-ring (bicyclic) bond motifs is 1. The third kappa shape index (κ3) is 1.84. The van der Waals surface area contributed by atoms with Crippen molar-refractivity contribution in [1.29, 1.82) is 0 Å². The van der Waals surface area contributed by atoms with Crippen molar-refractivity contribution in [1.82, 2.24) is 0 Å². The highest BCUT2D eigenvalue weighted by molar-refractivity contribution is 5.88. The molecular weight excluding hydrogens is 216 g/mol. The van der Waals surface area contributed by atoms with Gasteiger partial charge in [-0.3, -0.25) is 0 Å². The van der Waals surface area contributed by atoms with E-state index in [0.717, 1.165) is 16.5 Å². The molecular formula is C14H14O3. The molecule has 1 heterocycles. The van der Waals surface area contributed by atoms with E-state index in [1.807, 2.05) is 32.1 Å². The third-order valence-electron chi connectivity index (χ3n) is 2.82. The van der Waals surface area contributed by atoms with E-state index in [-0.39, 0.29) is 5.75 Å². The predicted octanol–water partition coefficient (Wildman–Crippen LogP) is 3.15. The number of aryl methyl sites for hydroxylation is 2. The number of aromatic hydroxyl groups is 1. The Morgan fingerprint density at radius 2 is 2.00 bits per heavy atom. The van der Waals surface area contributed by atoms with E-state index in [2.05, 4.69) is 0 Å². The van der Waals surface area contributed by atoms with Crippen molar-refractivity contribution in [3.05, 3.63) is 45.3 Å². The molecule has 0 unspecified atom stereocenters. The fraction of sp³-hybridized carbons (Fsp3) is 0.214. The van der Waals surface area contributed by atoms with Crippen LogP contribution in [0.5, 0.6) is 5.75 Å². The van der Waals surface area contributed by atoms with Crippen molar-refractivity contribution in [2.45, 2.75) is 20.8 Å². The Kier molecular flexibility index (Phi) is 2.76. The van der Waals surface area contributed by atoms with Gasteiger partial charge in [-0.05, 0) is 32.4 Å². The molecule has 0 radical (unpaired) electrons. The van der Waals surface area contributed by atoms with E-state index in [4.69, 9.17) is 4.42 Å². The first kappa shape index (κ1) is 11.5. The zero-order valence-electron chi connectivity index (χ0n) is 10.1. The summed E-state index contributed by atoms with van der Waals surface area (Å²) in [6.07, 6.45) is 3.68. The lowest BCUT2D eigenvalue weighted by Crippen LogP contribution is -1.99. The van der Waals surface area contributed by atoms with E-state index in [9.17, 15) is 9.90 Å². The molecule has 0 spiro atoms. The van der Waals surface area contributed by atoms with E-state index >= 15 is 0 Å². The number of phenolic OH excluding ortho intramolecular Hbond substituents is 1. The Hall–Kier alpha value is -2.03. The maximum absolute atomic E-state index is 11.3. The molecule has 2 rings (SSSR count). The molecule has 0 aliphatic heterocycles. The van der Waals surface area contributed by atoms with E-state index in [1.54, 1.807) is 6.92 Å². The second kappa shape index (κ2) is 4.09. The molecule has 17 heavy (non-hydrogen) atoms. The summed E-state index contributed by atoms with van der Waals surface area (Å²) in [4.78, 5) is 11.3. The number of phenols is 1. The molecule has 3 heteroatoms. The van der Waals surface area contributed by atoms with Crippen LogP contribution in [-0.2, 0) is 0 Å². The maximum Gasteiger partial charge on any atom is 0.336 e. The van der Waals surface area contributed by atoms with Crippen LogP contribution in [0.25, 0.3) is 17.0 Å². The normalized spacial score (nSPS) is 11.5. The molecule has 2 aromatic rings. The molecule has 0 saturated heterocycles. The molecule has 1 aromatic carbocycles. The van der Waals surface area contributed by atoms with E-state index in [0.29, 0.717) is 11.1 Å².